The zero-order valence-electron chi connectivity index (χ0n) is 11.1. The van der Waals surface area contributed by atoms with Crippen LogP contribution >= 0.6 is 15.9 Å². The highest BCUT2D eigenvalue weighted by Gasteiger charge is 2.05. The molecule has 0 amide bonds. The Morgan fingerprint density at radius 2 is 2.11 bits per heavy atom. The lowest BCUT2D eigenvalue weighted by molar-refractivity contribution is -0.143. The summed E-state index contributed by atoms with van der Waals surface area (Å²) >= 11 is 3.37. The van der Waals surface area contributed by atoms with Gasteiger partial charge in [0, 0.05) is 21.5 Å². The van der Waals surface area contributed by atoms with Crippen LogP contribution in [-0.2, 0) is 20.3 Å². The molecule has 0 fully saturated rings. The van der Waals surface area contributed by atoms with E-state index >= 15 is 0 Å². The van der Waals surface area contributed by atoms with Crippen LogP contribution in [0.1, 0.15) is 32.6 Å². The minimum atomic E-state index is -0.957. The van der Waals surface area contributed by atoms with Crippen molar-refractivity contribution in [3.8, 4) is 0 Å². The summed E-state index contributed by atoms with van der Waals surface area (Å²) in [5.74, 6) is 0.495. The van der Waals surface area contributed by atoms with Gasteiger partial charge in [0.2, 0.25) is 0 Å². The number of carbonyl (C=O) groups excluding carboxylic acids is 1. The van der Waals surface area contributed by atoms with E-state index in [1.807, 2.05) is 24.3 Å². The van der Waals surface area contributed by atoms with Gasteiger partial charge in [-0.05, 0) is 38.0 Å². The normalized spacial score (nSPS) is 12.1. The van der Waals surface area contributed by atoms with Crippen molar-refractivity contribution in [1.29, 1.82) is 0 Å². The molecule has 5 heteroatoms. The number of benzene rings is 1. The monoisotopic (exact) mass is 346 g/mol. The number of hydrogen-bond acceptors (Lipinski definition) is 3. The molecule has 1 aromatic carbocycles. The molecule has 0 aliphatic carbocycles. The Morgan fingerprint density at radius 1 is 1.32 bits per heavy atom. The van der Waals surface area contributed by atoms with Crippen LogP contribution in [0.3, 0.4) is 0 Å². The maximum atomic E-state index is 12.0. The fourth-order valence-corrected chi connectivity index (χ4v) is 3.38. The molecular formula is C14H19BrO3S. The highest BCUT2D eigenvalue weighted by molar-refractivity contribution is 9.10. The minimum absolute atomic E-state index is 0.143. The Balaban J connectivity index is 2.19. The summed E-state index contributed by atoms with van der Waals surface area (Å²) in [4.78, 5) is 12.0. The van der Waals surface area contributed by atoms with Crippen molar-refractivity contribution in [1.82, 2.24) is 0 Å². The van der Waals surface area contributed by atoms with E-state index in [2.05, 4.69) is 15.9 Å². The fourth-order valence-electron chi connectivity index (χ4n) is 1.64. The first-order valence-corrected chi connectivity index (χ1v) is 8.54. The Bertz CT molecular complexity index is 434. The van der Waals surface area contributed by atoms with E-state index in [-0.39, 0.29) is 5.97 Å². The molecule has 0 N–H and O–H groups in total. The third kappa shape index (κ3) is 6.87. The van der Waals surface area contributed by atoms with E-state index < -0.39 is 10.8 Å². The summed E-state index contributed by atoms with van der Waals surface area (Å²) < 4.78 is 17.8. The predicted octanol–water partition coefficient (Wildman–Crippen LogP) is 3.68. The zero-order valence-corrected chi connectivity index (χ0v) is 13.5. The van der Waals surface area contributed by atoms with Gasteiger partial charge in [0.25, 0.3) is 0 Å². The summed E-state index contributed by atoms with van der Waals surface area (Å²) in [6.45, 7) is 2.24. The molecule has 0 spiro atoms. The van der Waals surface area contributed by atoms with Gasteiger partial charge in [-0.3, -0.25) is 9.00 Å². The fraction of sp³-hybridized carbons (Fsp3) is 0.500. The number of carbonyl (C=O) groups is 1. The van der Waals surface area contributed by atoms with Gasteiger partial charge in [-0.1, -0.05) is 28.4 Å². The molecule has 0 heterocycles. The average Bonchev–Trinajstić information content (AvgIpc) is 2.38. The Kier molecular flexibility index (Phi) is 7.98. The molecule has 106 valence electrons. The highest BCUT2D eigenvalue weighted by atomic mass is 79.9. The molecule has 1 atom stereocenters. The van der Waals surface area contributed by atoms with Gasteiger partial charge < -0.3 is 4.74 Å². The summed E-state index contributed by atoms with van der Waals surface area (Å²) in [5.41, 5.74) is 0. The summed E-state index contributed by atoms with van der Waals surface area (Å²) in [6, 6.07) is 7.56. The molecule has 19 heavy (non-hydrogen) atoms. The van der Waals surface area contributed by atoms with Crippen LogP contribution in [-0.4, -0.2) is 22.5 Å². The van der Waals surface area contributed by atoms with Crippen molar-refractivity contribution in [3.05, 3.63) is 28.7 Å². The van der Waals surface area contributed by atoms with Crippen molar-refractivity contribution in [2.75, 3.05) is 12.4 Å². The first-order chi connectivity index (χ1) is 9.13. The van der Waals surface area contributed by atoms with Crippen molar-refractivity contribution < 1.29 is 13.7 Å². The molecule has 1 rings (SSSR count). The predicted molar refractivity (Wildman–Crippen MR) is 80.5 cm³/mol. The van der Waals surface area contributed by atoms with E-state index in [1.165, 1.54) is 0 Å². The van der Waals surface area contributed by atoms with E-state index in [0.29, 0.717) is 18.8 Å². The van der Waals surface area contributed by atoms with Gasteiger partial charge in [-0.2, -0.15) is 0 Å². The van der Waals surface area contributed by atoms with Gasteiger partial charge in [0.05, 0.1) is 17.4 Å². The van der Waals surface area contributed by atoms with Gasteiger partial charge in [0.15, 0.2) is 0 Å². The van der Waals surface area contributed by atoms with E-state index in [4.69, 9.17) is 4.74 Å². The molecule has 3 nitrogen and oxygen atoms in total. The summed E-state index contributed by atoms with van der Waals surface area (Å²) in [7, 11) is -0.957. The number of ether oxygens (including phenoxy) is 1. The second-order valence-corrected chi connectivity index (χ2v) is 6.61. The highest BCUT2D eigenvalue weighted by Crippen LogP contribution is 2.16. The van der Waals surface area contributed by atoms with Gasteiger partial charge in [-0.25, -0.2) is 0 Å². The van der Waals surface area contributed by atoms with Gasteiger partial charge in [0.1, 0.15) is 0 Å². The maximum Gasteiger partial charge on any atom is 0.305 e. The van der Waals surface area contributed by atoms with Gasteiger partial charge in [-0.15, -0.1) is 0 Å². The Labute approximate surface area is 125 Å². The largest absolute Gasteiger partial charge is 0.466 e. The third-order valence-corrected chi connectivity index (χ3v) is 4.51. The number of esters is 1. The molecule has 0 saturated carbocycles. The molecule has 0 aromatic heterocycles. The smallest absolute Gasteiger partial charge is 0.305 e. The molecule has 0 radical (unpaired) electrons. The lowest BCUT2D eigenvalue weighted by Crippen LogP contribution is -2.04. The molecule has 0 saturated heterocycles. The van der Waals surface area contributed by atoms with Crippen molar-refractivity contribution in [2.24, 2.45) is 0 Å². The number of rotatable bonds is 8. The van der Waals surface area contributed by atoms with Crippen molar-refractivity contribution >= 4 is 32.7 Å². The van der Waals surface area contributed by atoms with Crippen molar-refractivity contribution in [2.45, 2.75) is 37.5 Å². The lowest BCUT2D eigenvalue weighted by Gasteiger charge is -2.03. The van der Waals surface area contributed by atoms with Crippen LogP contribution in [0.4, 0.5) is 0 Å². The number of hydrogen-bond donors (Lipinski definition) is 0. The first kappa shape index (κ1) is 16.4. The molecular weight excluding hydrogens is 328 g/mol. The molecule has 1 unspecified atom stereocenters. The van der Waals surface area contributed by atoms with Crippen LogP contribution in [0.5, 0.6) is 0 Å². The third-order valence-electron chi connectivity index (χ3n) is 2.57. The Morgan fingerprint density at radius 3 is 2.79 bits per heavy atom. The minimum Gasteiger partial charge on any atom is -0.466 e. The van der Waals surface area contributed by atoms with Crippen LogP contribution in [0.15, 0.2) is 33.6 Å². The Hall–Kier alpha value is -0.680. The van der Waals surface area contributed by atoms with Crippen LogP contribution in [0, 0.1) is 0 Å². The van der Waals surface area contributed by atoms with Gasteiger partial charge >= 0.3 is 5.97 Å². The molecule has 1 aromatic rings. The van der Waals surface area contributed by atoms with E-state index in [9.17, 15) is 9.00 Å². The second-order valence-electron chi connectivity index (χ2n) is 4.12. The van der Waals surface area contributed by atoms with Crippen LogP contribution in [0.2, 0.25) is 0 Å². The topological polar surface area (TPSA) is 43.4 Å². The zero-order chi connectivity index (χ0) is 14.1. The number of halogens is 1. The maximum absolute atomic E-state index is 12.0. The summed E-state index contributed by atoms with van der Waals surface area (Å²) in [5, 5.41) is 0. The summed E-state index contributed by atoms with van der Waals surface area (Å²) in [6.07, 6.45) is 3.02. The van der Waals surface area contributed by atoms with Crippen LogP contribution < -0.4 is 0 Å². The van der Waals surface area contributed by atoms with Crippen molar-refractivity contribution in [3.63, 3.8) is 0 Å². The molecule has 0 aliphatic rings. The second kappa shape index (κ2) is 9.26. The molecule has 0 aliphatic heterocycles. The standard InChI is InChI=1S/C14H19BrO3S/c1-2-18-14(16)9-4-3-5-10-19(17)13-8-6-7-12(15)11-13/h6-8,11H,2-5,9-10H2,1H3. The van der Waals surface area contributed by atoms with E-state index in [1.54, 1.807) is 6.92 Å². The van der Waals surface area contributed by atoms with Crippen LogP contribution in [0.25, 0.3) is 0 Å². The first-order valence-electron chi connectivity index (χ1n) is 6.43. The lowest BCUT2D eigenvalue weighted by atomic mass is 10.2. The quantitative estimate of drug-likeness (QED) is 0.532. The number of unbranched alkanes of at least 4 members (excludes halogenated alkanes) is 2. The average molecular weight is 347 g/mol. The molecule has 0 bridgehead atoms. The SMILES string of the molecule is CCOC(=O)CCCCCS(=O)c1cccc(Br)c1. The van der Waals surface area contributed by atoms with E-state index in [0.717, 1.165) is 28.6 Å².